The lowest BCUT2D eigenvalue weighted by Gasteiger charge is -2.01. The van der Waals surface area contributed by atoms with E-state index in [0.717, 1.165) is 22.5 Å². The monoisotopic (exact) mass is 315 g/mol. The molecule has 0 N–H and O–H groups in total. The molecule has 0 fully saturated rings. The number of para-hydroxylation sites is 1. The molecule has 0 aliphatic rings. The van der Waals surface area contributed by atoms with Gasteiger partial charge in [0, 0.05) is 16.1 Å². The summed E-state index contributed by atoms with van der Waals surface area (Å²) >= 11 is 5.97. The predicted octanol–water partition coefficient (Wildman–Crippen LogP) is 5.51. The number of hydrogen-bond acceptors (Lipinski definition) is 1. The van der Waals surface area contributed by atoms with Gasteiger partial charge in [-0.1, -0.05) is 66.1 Å². The van der Waals surface area contributed by atoms with E-state index < -0.39 is 0 Å². The van der Waals surface area contributed by atoms with Crippen LogP contribution in [0, 0.1) is 11.8 Å². The third-order valence-corrected chi connectivity index (χ3v) is 3.47. The molecule has 23 heavy (non-hydrogen) atoms. The van der Waals surface area contributed by atoms with Crippen LogP contribution in [-0.4, -0.2) is 5.71 Å². The van der Waals surface area contributed by atoms with Gasteiger partial charge in [0.1, 0.15) is 5.71 Å². The average molecular weight is 316 g/mol. The van der Waals surface area contributed by atoms with Crippen LogP contribution in [-0.2, 0) is 0 Å². The Morgan fingerprint density at radius 1 is 0.739 bits per heavy atom. The van der Waals surface area contributed by atoms with E-state index >= 15 is 0 Å². The topological polar surface area (TPSA) is 12.4 Å². The first-order valence-electron chi connectivity index (χ1n) is 7.28. The standard InChI is InChI=1S/C21H14ClN/c22-19-14-12-18(13-15-19)21(23-20-9-5-2-6-10-20)16-11-17-7-3-1-4-8-17/h1-10,12-15H. The van der Waals surface area contributed by atoms with Gasteiger partial charge in [-0.25, -0.2) is 4.99 Å². The fourth-order valence-corrected chi connectivity index (χ4v) is 2.18. The van der Waals surface area contributed by atoms with E-state index in [2.05, 4.69) is 16.8 Å². The smallest absolute Gasteiger partial charge is 0.121 e. The van der Waals surface area contributed by atoms with Crippen LogP contribution in [0.25, 0.3) is 0 Å². The first-order valence-corrected chi connectivity index (χ1v) is 7.66. The molecule has 0 saturated heterocycles. The Kier molecular flexibility index (Phi) is 4.88. The van der Waals surface area contributed by atoms with E-state index in [1.54, 1.807) is 0 Å². The van der Waals surface area contributed by atoms with E-state index in [9.17, 15) is 0 Å². The van der Waals surface area contributed by atoms with Crippen LogP contribution in [0.2, 0.25) is 5.02 Å². The lowest BCUT2D eigenvalue weighted by molar-refractivity contribution is 1.51. The molecule has 1 nitrogen and oxygen atoms in total. The minimum absolute atomic E-state index is 0.698. The number of hydrogen-bond donors (Lipinski definition) is 0. The summed E-state index contributed by atoms with van der Waals surface area (Å²) in [6.45, 7) is 0. The number of benzene rings is 3. The van der Waals surface area contributed by atoms with Gasteiger partial charge in [-0.15, -0.1) is 0 Å². The van der Waals surface area contributed by atoms with Crippen LogP contribution in [0.3, 0.4) is 0 Å². The van der Waals surface area contributed by atoms with E-state index in [4.69, 9.17) is 11.6 Å². The molecule has 3 aromatic rings. The average Bonchev–Trinajstić information content (AvgIpc) is 2.61. The number of aliphatic imine (C=N–C) groups is 1. The zero-order chi connectivity index (χ0) is 15.9. The fourth-order valence-electron chi connectivity index (χ4n) is 2.06. The molecule has 110 valence electrons. The van der Waals surface area contributed by atoms with Crippen LogP contribution < -0.4 is 0 Å². The van der Waals surface area contributed by atoms with Crippen molar-refractivity contribution in [1.82, 2.24) is 0 Å². The highest BCUT2D eigenvalue weighted by molar-refractivity contribution is 6.30. The van der Waals surface area contributed by atoms with Gasteiger partial charge in [-0.2, -0.15) is 0 Å². The third-order valence-electron chi connectivity index (χ3n) is 3.21. The highest BCUT2D eigenvalue weighted by Gasteiger charge is 2.01. The summed E-state index contributed by atoms with van der Waals surface area (Å²) in [6.07, 6.45) is 0. The van der Waals surface area contributed by atoms with Crippen LogP contribution in [0.4, 0.5) is 5.69 Å². The van der Waals surface area contributed by atoms with Crippen molar-refractivity contribution in [3.63, 3.8) is 0 Å². The Morgan fingerprint density at radius 2 is 1.35 bits per heavy atom. The molecule has 0 unspecified atom stereocenters. The summed E-state index contributed by atoms with van der Waals surface area (Å²) < 4.78 is 0. The summed E-state index contributed by atoms with van der Waals surface area (Å²) in [5, 5.41) is 0.698. The summed E-state index contributed by atoms with van der Waals surface area (Å²) in [5.74, 6) is 6.34. The van der Waals surface area contributed by atoms with Crippen molar-refractivity contribution in [2.24, 2.45) is 4.99 Å². The third kappa shape index (κ3) is 4.32. The van der Waals surface area contributed by atoms with Gasteiger partial charge in [0.2, 0.25) is 0 Å². The Morgan fingerprint density at radius 3 is 2.00 bits per heavy atom. The van der Waals surface area contributed by atoms with Crippen molar-refractivity contribution in [2.75, 3.05) is 0 Å². The van der Waals surface area contributed by atoms with Crippen molar-refractivity contribution in [3.05, 3.63) is 101 Å². The molecule has 3 aromatic carbocycles. The number of nitrogens with zero attached hydrogens (tertiary/aromatic N) is 1. The van der Waals surface area contributed by atoms with Gasteiger partial charge in [0.05, 0.1) is 5.69 Å². The quantitative estimate of drug-likeness (QED) is 0.436. The Bertz CT molecular complexity index is 854. The zero-order valence-electron chi connectivity index (χ0n) is 12.4. The van der Waals surface area contributed by atoms with Crippen LogP contribution >= 0.6 is 11.6 Å². The minimum Gasteiger partial charge on any atom is -0.239 e. The van der Waals surface area contributed by atoms with E-state index in [-0.39, 0.29) is 0 Å². The van der Waals surface area contributed by atoms with Crippen molar-refractivity contribution < 1.29 is 0 Å². The highest BCUT2D eigenvalue weighted by Crippen LogP contribution is 2.15. The predicted molar refractivity (Wildman–Crippen MR) is 97.4 cm³/mol. The summed E-state index contributed by atoms with van der Waals surface area (Å²) in [5.41, 5.74) is 3.50. The van der Waals surface area contributed by atoms with Crippen molar-refractivity contribution in [3.8, 4) is 11.8 Å². The minimum atomic E-state index is 0.698. The highest BCUT2D eigenvalue weighted by atomic mass is 35.5. The Labute approximate surface area is 141 Å². The first kappa shape index (κ1) is 15.1. The molecule has 0 aliphatic heterocycles. The van der Waals surface area contributed by atoms with Gasteiger partial charge >= 0.3 is 0 Å². The van der Waals surface area contributed by atoms with E-state index in [1.807, 2.05) is 84.9 Å². The summed E-state index contributed by atoms with van der Waals surface area (Å²) in [4.78, 5) is 4.67. The summed E-state index contributed by atoms with van der Waals surface area (Å²) in [7, 11) is 0. The number of halogens is 1. The lowest BCUT2D eigenvalue weighted by Crippen LogP contribution is -1.97. The largest absolute Gasteiger partial charge is 0.239 e. The molecule has 0 spiro atoms. The zero-order valence-corrected chi connectivity index (χ0v) is 13.2. The molecular formula is C21H14ClN. The second kappa shape index (κ2) is 7.45. The van der Waals surface area contributed by atoms with Crippen molar-refractivity contribution in [1.29, 1.82) is 0 Å². The molecule has 0 saturated carbocycles. The van der Waals surface area contributed by atoms with Crippen molar-refractivity contribution >= 4 is 23.0 Å². The maximum Gasteiger partial charge on any atom is 0.121 e. The van der Waals surface area contributed by atoms with Gasteiger partial charge < -0.3 is 0 Å². The van der Waals surface area contributed by atoms with Crippen LogP contribution in [0.1, 0.15) is 11.1 Å². The van der Waals surface area contributed by atoms with Gasteiger partial charge in [0.15, 0.2) is 0 Å². The molecule has 3 rings (SSSR count). The summed E-state index contributed by atoms with van der Waals surface area (Å²) in [6, 6.07) is 27.3. The molecule has 0 heterocycles. The first-order chi connectivity index (χ1) is 11.3. The van der Waals surface area contributed by atoms with Gasteiger partial charge in [0.25, 0.3) is 0 Å². The molecule has 0 atom stereocenters. The SMILES string of the molecule is Clc1ccc(C(C#Cc2ccccc2)=Nc2ccccc2)cc1. The van der Waals surface area contributed by atoms with Crippen LogP contribution in [0.15, 0.2) is 89.9 Å². The number of rotatable bonds is 2. The maximum atomic E-state index is 5.97. The van der Waals surface area contributed by atoms with E-state index in [1.165, 1.54) is 0 Å². The molecule has 0 aliphatic carbocycles. The van der Waals surface area contributed by atoms with Gasteiger partial charge in [-0.05, 0) is 42.3 Å². The fraction of sp³-hybridized carbons (Fsp3) is 0. The maximum absolute atomic E-state index is 5.97. The molecule has 0 radical (unpaired) electrons. The Balaban J connectivity index is 2.02. The Hall–Kier alpha value is -2.82. The second-order valence-electron chi connectivity index (χ2n) is 4.92. The van der Waals surface area contributed by atoms with E-state index in [0.29, 0.717) is 5.02 Å². The molecule has 0 bridgehead atoms. The van der Waals surface area contributed by atoms with Crippen LogP contribution in [0.5, 0.6) is 0 Å². The second-order valence-corrected chi connectivity index (χ2v) is 5.36. The lowest BCUT2D eigenvalue weighted by atomic mass is 10.1. The normalized spacial score (nSPS) is 10.7. The van der Waals surface area contributed by atoms with Gasteiger partial charge in [-0.3, -0.25) is 0 Å². The molecule has 0 amide bonds. The molecular weight excluding hydrogens is 302 g/mol. The van der Waals surface area contributed by atoms with Crippen molar-refractivity contribution in [2.45, 2.75) is 0 Å². The molecule has 0 aromatic heterocycles. The molecule has 2 heteroatoms.